The van der Waals surface area contributed by atoms with Crippen molar-refractivity contribution in [1.82, 2.24) is 0 Å². The molecule has 0 aliphatic heterocycles. The molecule has 3 atom stereocenters. The Balaban J connectivity index is 1.92. The summed E-state index contributed by atoms with van der Waals surface area (Å²) in [5.74, 6) is 0.454. The van der Waals surface area contributed by atoms with Gasteiger partial charge in [-0.15, -0.1) is 0 Å². The first kappa shape index (κ1) is 11.8. The van der Waals surface area contributed by atoms with Gasteiger partial charge in [0.2, 0.25) is 0 Å². The van der Waals surface area contributed by atoms with Crippen molar-refractivity contribution in [2.24, 2.45) is 5.92 Å². The van der Waals surface area contributed by atoms with E-state index in [2.05, 4.69) is 12.1 Å². The van der Waals surface area contributed by atoms with Crippen LogP contribution in [0.5, 0.6) is 0 Å². The molecule has 1 aromatic carbocycles. The quantitative estimate of drug-likeness (QED) is 0.861. The van der Waals surface area contributed by atoms with E-state index in [9.17, 15) is 4.79 Å². The third kappa shape index (κ3) is 1.84. The summed E-state index contributed by atoms with van der Waals surface area (Å²) in [6.07, 6.45) is 6.57. The van der Waals surface area contributed by atoms with Crippen LogP contribution in [0.15, 0.2) is 18.2 Å². The van der Waals surface area contributed by atoms with Crippen molar-refractivity contribution in [3.05, 3.63) is 34.9 Å². The second-order valence-electron chi connectivity index (χ2n) is 5.87. The van der Waals surface area contributed by atoms with Gasteiger partial charge in [-0.1, -0.05) is 31.0 Å². The molecule has 2 heteroatoms. The molecule has 2 nitrogen and oxygen atoms in total. The van der Waals surface area contributed by atoms with Crippen LogP contribution < -0.4 is 0 Å². The molecule has 3 rings (SSSR count). The molecule has 0 saturated heterocycles. The van der Waals surface area contributed by atoms with E-state index in [-0.39, 0.29) is 0 Å². The Morgan fingerprint density at radius 3 is 2.89 bits per heavy atom. The minimum absolute atomic E-state index is 0.391. The smallest absolute Gasteiger partial charge is 0.310 e. The third-order valence-electron chi connectivity index (χ3n) is 4.83. The van der Waals surface area contributed by atoms with Crippen molar-refractivity contribution in [3.63, 3.8) is 0 Å². The lowest BCUT2D eigenvalue weighted by atomic mass is 9.80. The lowest BCUT2D eigenvalue weighted by Gasteiger charge is -2.25. The molecule has 0 heterocycles. The van der Waals surface area contributed by atoms with Crippen LogP contribution >= 0.6 is 0 Å². The topological polar surface area (TPSA) is 37.3 Å². The molecule has 1 fully saturated rings. The maximum absolute atomic E-state index is 11.1. The van der Waals surface area contributed by atoms with Gasteiger partial charge in [0.1, 0.15) is 0 Å². The first-order chi connectivity index (χ1) is 8.66. The van der Waals surface area contributed by atoms with Crippen molar-refractivity contribution in [1.29, 1.82) is 0 Å². The zero-order chi connectivity index (χ0) is 12.7. The highest BCUT2D eigenvalue weighted by Crippen LogP contribution is 2.46. The van der Waals surface area contributed by atoms with Crippen molar-refractivity contribution >= 4 is 5.97 Å². The number of aliphatic carboxylic acids is 1. The fraction of sp³-hybridized carbons (Fsp3) is 0.562. The van der Waals surface area contributed by atoms with Crippen LogP contribution in [0.3, 0.4) is 0 Å². The predicted octanol–water partition coefficient (Wildman–Crippen LogP) is 3.70. The standard InChI is InChI=1S/C16H20O2/c1-10(16(17)18)11-6-7-15-13(8-11)9-12-4-2-3-5-14(12)15/h6-8,10,12,14H,2-5,9H2,1H3,(H,17,18)/t10-,12+,14-/m0/s1. The fourth-order valence-electron chi connectivity index (χ4n) is 3.72. The molecule has 2 aliphatic carbocycles. The molecule has 1 aromatic rings. The Hall–Kier alpha value is -1.31. The van der Waals surface area contributed by atoms with Crippen LogP contribution in [0.4, 0.5) is 0 Å². The minimum atomic E-state index is -0.731. The summed E-state index contributed by atoms with van der Waals surface area (Å²) in [5, 5.41) is 9.09. The van der Waals surface area contributed by atoms with Gasteiger partial charge in [-0.2, -0.15) is 0 Å². The number of hydrogen-bond acceptors (Lipinski definition) is 1. The van der Waals surface area contributed by atoms with Gasteiger partial charge in [0.05, 0.1) is 5.92 Å². The molecule has 0 spiro atoms. The molecule has 96 valence electrons. The summed E-state index contributed by atoms with van der Waals surface area (Å²) in [5.41, 5.74) is 3.87. The van der Waals surface area contributed by atoms with E-state index in [1.807, 2.05) is 6.07 Å². The Morgan fingerprint density at radius 1 is 1.33 bits per heavy atom. The van der Waals surface area contributed by atoms with E-state index in [1.54, 1.807) is 6.92 Å². The number of fused-ring (bicyclic) bond motifs is 3. The van der Waals surface area contributed by atoms with Gasteiger partial charge < -0.3 is 5.11 Å². The summed E-state index contributed by atoms with van der Waals surface area (Å²) in [6, 6.07) is 6.36. The van der Waals surface area contributed by atoms with Crippen LogP contribution in [0.1, 0.15) is 61.1 Å². The van der Waals surface area contributed by atoms with E-state index >= 15 is 0 Å². The van der Waals surface area contributed by atoms with Gasteiger partial charge in [-0.05, 0) is 54.7 Å². The SMILES string of the molecule is C[C@H](C(=O)O)c1ccc2c(c1)C[C@H]1CCCC[C@H]21. The zero-order valence-electron chi connectivity index (χ0n) is 10.9. The highest BCUT2D eigenvalue weighted by molar-refractivity contribution is 5.75. The van der Waals surface area contributed by atoms with Crippen LogP contribution in [-0.2, 0) is 11.2 Å². The summed E-state index contributed by atoms with van der Waals surface area (Å²) in [7, 11) is 0. The number of carboxylic acids is 1. The lowest BCUT2D eigenvalue weighted by molar-refractivity contribution is -0.138. The van der Waals surface area contributed by atoms with Gasteiger partial charge >= 0.3 is 5.97 Å². The zero-order valence-corrected chi connectivity index (χ0v) is 10.9. The summed E-state index contributed by atoms with van der Waals surface area (Å²) in [4.78, 5) is 11.1. The van der Waals surface area contributed by atoms with E-state index in [0.717, 1.165) is 17.4 Å². The Bertz CT molecular complexity index is 478. The molecule has 0 aromatic heterocycles. The molecule has 1 saturated carbocycles. The second-order valence-corrected chi connectivity index (χ2v) is 5.87. The molecule has 2 aliphatic rings. The summed E-state index contributed by atoms with van der Waals surface area (Å²) >= 11 is 0. The minimum Gasteiger partial charge on any atom is -0.481 e. The van der Waals surface area contributed by atoms with Crippen molar-refractivity contribution < 1.29 is 9.90 Å². The van der Waals surface area contributed by atoms with Gasteiger partial charge in [-0.25, -0.2) is 0 Å². The van der Waals surface area contributed by atoms with Gasteiger partial charge in [-0.3, -0.25) is 4.79 Å². The maximum Gasteiger partial charge on any atom is 0.310 e. The van der Waals surface area contributed by atoms with Gasteiger partial charge in [0.15, 0.2) is 0 Å². The van der Waals surface area contributed by atoms with E-state index < -0.39 is 11.9 Å². The number of benzene rings is 1. The maximum atomic E-state index is 11.1. The Morgan fingerprint density at radius 2 is 2.11 bits per heavy atom. The van der Waals surface area contributed by atoms with Crippen molar-refractivity contribution in [3.8, 4) is 0 Å². The largest absolute Gasteiger partial charge is 0.481 e. The third-order valence-corrected chi connectivity index (χ3v) is 4.83. The second kappa shape index (κ2) is 4.42. The molecule has 0 bridgehead atoms. The van der Waals surface area contributed by atoms with E-state index in [1.165, 1.54) is 43.2 Å². The number of rotatable bonds is 2. The first-order valence-corrected chi connectivity index (χ1v) is 7.02. The van der Waals surface area contributed by atoms with Crippen LogP contribution in [0.2, 0.25) is 0 Å². The van der Waals surface area contributed by atoms with Crippen LogP contribution in [-0.4, -0.2) is 11.1 Å². The van der Waals surface area contributed by atoms with Crippen LogP contribution in [0, 0.1) is 5.92 Å². The molecule has 1 N–H and O–H groups in total. The molecule has 0 radical (unpaired) electrons. The number of hydrogen-bond donors (Lipinski definition) is 1. The monoisotopic (exact) mass is 244 g/mol. The summed E-state index contributed by atoms with van der Waals surface area (Å²) < 4.78 is 0. The number of carboxylic acid groups (broad SMARTS) is 1. The van der Waals surface area contributed by atoms with Crippen molar-refractivity contribution in [2.45, 2.75) is 50.9 Å². The van der Waals surface area contributed by atoms with E-state index in [0.29, 0.717) is 0 Å². The summed E-state index contributed by atoms with van der Waals surface area (Å²) in [6.45, 7) is 1.77. The van der Waals surface area contributed by atoms with Crippen LogP contribution in [0.25, 0.3) is 0 Å². The lowest BCUT2D eigenvalue weighted by Crippen LogP contribution is -2.12. The predicted molar refractivity (Wildman–Crippen MR) is 70.9 cm³/mol. The molecular formula is C16H20O2. The van der Waals surface area contributed by atoms with Crippen molar-refractivity contribution in [2.75, 3.05) is 0 Å². The Labute approximate surface area is 108 Å². The molecule has 0 unspecified atom stereocenters. The van der Waals surface area contributed by atoms with E-state index in [4.69, 9.17) is 5.11 Å². The first-order valence-electron chi connectivity index (χ1n) is 7.02. The molecule has 18 heavy (non-hydrogen) atoms. The highest BCUT2D eigenvalue weighted by Gasteiger charge is 2.34. The fourth-order valence-corrected chi connectivity index (χ4v) is 3.72. The highest BCUT2D eigenvalue weighted by atomic mass is 16.4. The Kier molecular flexibility index (Phi) is 2.89. The number of carbonyl (C=O) groups is 1. The normalized spacial score (nSPS) is 27.4. The molecule has 0 amide bonds. The van der Waals surface area contributed by atoms with Gasteiger partial charge in [0, 0.05) is 0 Å². The average molecular weight is 244 g/mol. The average Bonchev–Trinajstić information content (AvgIpc) is 2.75. The molecular weight excluding hydrogens is 224 g/mol. The van der Waals surface area contributed by atoms with Gasteiger partial charge in [0.25, 0.3) is 0 Å².